The van der Waals surface area contributed by atoms with Gasteiger partial charge in [0.2, 0.25) is 0 Å². The third-order valence-corrected chi connectivity index (χ3v) is 7.85. The lowest BCUT2D eigenvalue weighted by Gasteiger charge is -2.31. The fraction of sp³-hybridized carbons (Fsp3) is 0.391. The van der Waals surface area contributed by atoms with Gasteiger partial charge in [-0.05, 0) is 30.1 Å². The van der Waals surface area contributed by atoms with Gasteiger partial charge in [0.15, 0.2) is 0 Å². The fourth-order valence-electron chi connectivity index (χ4n) is 2.97. The largest absolute Gasteiger partial charge is 0.407 e. The van der Waals surface area contributed by atoms with Gasteiger partial charge in [-0.1, -0.05) is 92.4 Å². The van der Waals surface area contributed by atoms with Crippen LogP contribution in [0.2, 0.25) is 0 Å². The molecule has 0 N–H and O–H groups in total. The third kappa shape index (κ3) is 5.94. The highest BCUT2D eigenvalue weighted by molar-refractivity contribution is 6.92. The molecular weight excluding hydrogens is 336 g/mol. The predicted octanol–water partition coefficient (Wildman–Crippen LogP) is 4.82. The minimum absolute atomic E-state index is 0.639. The maximum Gasteiger partial charge on any atom is 0.407 e. The number of hydrogen-bond acceptors (Lipinski definition) is 2. The van der Waals surface area contributed by atoms with Crippen molar-refractivity contribution in [2.24, 2.45) is 0 Å². The highest BCUT2D eigenvalue weighted by Crippen LogP contribution is 2.13. The number of hydrogen-bond donors (Lipinski definition) is 0. The molecule has 0 heterocycles. The van der Waals surface area contributed by atoms with Crippen molar-refractivity contribution < 1.29 is 8.85 Å². The molecule has 0 aromatic heterocycles. The molecule has 3 heteroatoms. The molecule has 0 aliphatic heterocycles. The van der Waals surface area contributed by atoms with Crippen LogP contribution in [0.4, 0.5) is 0 Å². The van der Waals surface area contributed by atoms with Crippen molar-refractivity contribution in [1.29, 1.82) is 0 Å². The van der Waals surface area contributed by atoms with Gasteiger partial charge in [0.05, 0.1) is 0 Å². The van der Waals surface area contributed by atoms with Crippen molar-refractivity contribution in [2.75, 3.05) is 13.2 Å². The second kappa shape index (κ2) is 11.1. The summed E-state index contributed by atoms with van der Waals surface area (Å²) in [5.74, 6) is 0. The molecule has 0 bridgehead atoms. The average Bonchev–Trinajstić information content (AvgIpc) is 2.67. The highest BCUT2D eigenvalue weighted by Gasteiger charge is 2.42. The van der Waals surface area contributed by atoms with Gasteiger partial charge >= 0.3 is 8.56 Å². The average molecular weight is 369 g/mol. The third-order valence-electron chi connectivity index (χ3n) is 4.45. The summed E-state index contributed by atoms with van der Waals surface area (Å²) in [6, 6.07) is 21.0. The Morgan fingerprint density at radius 3 is 1.85 bits per heavy atom. The van der Waals surface area contributed by atoms with Crippen LogP contribution in [-0.2, 0) is 8.85 Å². The van der Waals surface area contributed by atoms with Crippen LogP contribution >= 0.6 is 0 Å². The first-order valence-corrected chi connectivity index (χ1v) is 11.5. The van der Waals surface area contributed by atoms with Gasteiger partial charge in [-0.15, -0.1) is 6.58 Å². The number of benzene rings is 2. The Morgan fingerprint density at radius 2 is 1.35 bits per heavy atom. The molecule has 26 heavy (non-hydrogen) atoms. The zero-order chi connectivity index (χ0) is 18.7. The Kier molecular flexibility index (Phi) is 8.82. The summed E-state index contributed by atoms with van der Waals surface area (Å²) < 4.78 is 13.2. The molecule has 2 aromatic carbocycles. The van der Waals surface area contributed by atoms with E-state index in [1.807, 2.05) is 19.1 Å². The number of rotatable bonds is 12. The van der Waals surface area contributed by atoms with E-state index in [-0.39, 0.29) is 0 Å². The second-order valence-electron chi connectivity index (χ2n) is 6.81. The molecule has 0 unspecified atom stereocenters. The SMILES string of the molecule is C=C(C)CCO[Si](OCCCCCC)(c1ccccc1)c1ccccc1. The first-order chi connectivity index (χ1) is 12.7. The molecule has 0 aliphatic rings. The van der Waals surface area contributed by atoms with Crippen LogP contribution in [-0.4, -0.2) is 21.8 Å². The van der Waals surface area contributed by atoms with E-state index in [1.165, 1.54) is 29.6 Å². The lowest BCUT2D eigenvalue weighted by Crippen LogP contribution is -2.63. The van der Waals surface area contributed by atoms with Gasteiger partial charge < -0.3 is 8.85 Å². The van der Waals surface area contributed by atoms with Gasteiger partial charge in [0.25, 0.3) is 0 Å². The van der Waals surface area contributed by atoms with Gasteiger partial charge in [-0.25, -0.2) is 0 Å². The quantitative estimate of drug-likeness (QED) is 0.304. The summed E-state index contributed by atoms with van der Waals surface area (Å²) >= 11 is 0. The molecule has 0 saturated carbocycles. The van der Waals surface area contributed by atoms with E-state index in [1.54, 1.807) is 0 Å². The molecule has 0 aliphatic carbocycles. The summed E-state index contributed by atoms with van der Waals surface area (Å²) in [6.07, 6.45) is 5.62. The van der Waals surface area contributed by atoms with Crippen LogP contribution in [0.5, 0.6) is 0 Å². The topological polar surface area (TPSA) is 18.5 Å². The Balaban J connectivity index is 2.30. The van der Waals surface area contributed by atoms with Crippen molar-refractivity contribution >= 4 is 18.9 Å². The van der Waals surface area contributed by atoms with Gasteiger partial charge in [-0.3, -0.25) is 0 Å². The fourth-order valence-corrected chi connectivity index (χ4v) is 6.14. The summed E-state index contributed by atoms with van der Waals surface area (Å²) in [5.41, 5.74) is 1.14. The van der Waals surface area contributed by atoms with Crippen molar-refractivity contribution in [3.63, 3.8) is 0 Å². The smallest absolute Gasteiger partial charge is 0.388 e. The van der Waals surface area contributed by atoms with E-state index in [4.69, 9.17) is 8.85 Å². The molecular formula is C23H32O2Si. The van der Waals surface area contributed by atoms with E-state index in [0.29, 0.717) is 6.61 Å². The van der Waals surface area contributed by atoms with Crippen LogP contribution in [0.25, 0.3) is 0 Å². The lowest BCUT2D eigenvalue weighted by atomic mass is 10.2. The molecule has 0 atom stereocenters. The molecule has 0 saturated heterocycles. The Bertz CT molecular complexity index is 600. The van der Waals surface area contributed by atoms with Crippen molar-refractivity contribution in [1.82, 2.24) is 0 Å². The van der Waals surface area contributed by atoms with Gasteiger partial charge in [-0.2, -0.15) is 0 Å². The first kappa shape index (κ1) is 20.6. The van der Waals surface area contributed by atoms with E-state index >= 15 is 0 Å². The van der Waals surface area contributed by atoms with Crippen molar-refractivity contribution in [2.45, 2.75) is 46.0 Å². The molecule has 0 radical (unpaired) electrons. The van der Waals surface area contributed by atoms with Crippen LogP contribution < -0.4 is 10.4 Å². The van der Waals surface area contributed by atoms with E-state index < -0.39 is 8.56 Å². The normalized spacial score (nSPS) is 11.5. The molecule has 0 fully saturated rings. The minimum atomic E-state index is -2.72. The second-order valence-corrected chi connectivity index (χ2v) is 9.78. The van der Waals surface area contributed by atoms with Crippen molar-refractivity contribution in [3.05, 3.63) is 72.8 Å². The summed E-state index contributed by atoms with van der Waals surface area (Å²) in [4.78, 5) is 0. The molecule has 0 spiro atoms. The van der Waals surface area contributed by atoms with Crippen molar-refractivity contribution in [3.8, 4) is 0 Å². The minimum Gasteiger partial charge on any atom is -0.388 e. The first-order valence-electron chi connectivity index (χ1n) is 9.72. The van der Waals surface area contributed by atoms with E-state index in [9.17, 15) is 0 Å². The van der Waals surface area contributed by atoms with Crippen LogP contribution in [0.15, 0.2) is 72.8 Å². The Morgan fingerprint density at radius 1 is 0.808 bits per heavy atom. The molecule has 140 valence electrons. The zero-order valence-electron chi connectivity index (χ0n) is 16.2. The van der Waals surface area contributed by atoms with Crippen LogP contribution in [0.1, 0.15) is 46.0 Å². The zero-order valence-corrected chi connectivity index (χ0v) is 17.2. The maximum atomic E-state index is 6.62. The molecule has 2 nitrogen and oxygen atoms in total. The van der Waals surface area contributed by atoms with Crippen LogP contribution in [0, 0.1) is 0 Å². The predicted molar refractivity (Wildman–Crippen MR) is 113 cm³/mol. The Hall–Kier alpha value is -1.68. The standard InChI is InChI=1S/C23H32O2Si/c1-4-5-6-13-19-24-26(25-20-18-21(2)3,22-14-9-7-10-15-22)23-16-11-8-12-17-23/h7-12,14-17H,2,4-6,13,18-20H2,1,3H3. The van der Waals surface area contributed by atoms with E-state index in [0.717, 1.165) is 25.0 Å². The van der Waals surface area contributed by atoms with Gasteiger partial charge in [0, 0.05) is 13.2 Å². The summed E-state index contributed by atoms with van der Waals surface area (Å²) in [5, 5.41) is 2.34. The molecule has 2 aromatic rings. The van der Waals surface area contributed by atoms with Gasteiger partial charge in [0.1, 0.15) is 0 Å². The molecule has 2 rings (SSSR count). The summed E-state index contributed by atoms with van der Waals surface area (Å²) in [7, 11) is -2.72. The van der Waals surface area contributed by atoms with E-state index in [2.05, 4.69) is 62.0 Å². The molecule has 0 amide bonds. The highest BCUT2D eigenvalue weighted by atomic mass is 28.4. The number of unbranched alkanes of at least 4 members (excludes halogenated alkanes) is 3. The lowest BCUT2D eigenvalue weighted by molar-refractivity contribution is 0.189. The maximum absolute atomic E-state index is 6.62. The summed E-state index contributed by atoms with van der Waals surface area (Å²) in [6.45, 7) is 9.66. The Labute approximate surface area is 160 Å². The monoisotopic (exact) mass is 368 g/mol. The van der Waals surface area contributed by atoms with Crippen LogP contribution in [0.3, 0.4) is 0 Å².